The molecule has 0 rings (SSSR count). The molecule has 296 valence electrons. The van der Waals surface area contributed by atoms with Crippen LogP contribution in [0.25, 0.3) is 0 Å². The molecule has 6 nitrogen and oxygen atoms in total. The molecule has 0 bridgehead atoms. The topological polar surface area (TPSA) is 62.2 Å². The minimum absolute atomic E-state index is 0.0586. The van der Waals surface area contributed by atoms with Crippen LogP contribution in [0.4, 0.5) is 0 Å². The van der Waals surface area contributed by atoms with E-state index in [1.807, 2.05) is 5.06 Å². The Kier molecular flexibility index (Phi) is 41.2. The molecule has 0 aromatic rings. The van der Waals surface area contributed by atoms with Gasteiger partial charge in [0.2, 0.25) is 0 Å². The highest BCUT2D eigenvalue weighted by atomic mass is 16.7. The number of unbranched alkanes of at least 4 members (excludes halogenated alkanes) is 21. The van der Waals surface area contributed by atoms with E-state index in [2.05, 4.69) is 50.0 Å². The lowest BCUT2D eigenvalue weighted by Gasteiger charge is -2.22. The predicted molar refractivity (Wildman–Crippen MR) is 217 cm³/mol. The molecule has 0 amide bonds. The molecule has 0 aliphatic heterocycles. The number of carbonyl (C=O) groups excluding carboxylic acids is 1. The minimum atomic E-state index is -0.0586. The van der Waals surface area contributed by atoms with E-state index >= 15 is 0 Å². The Labute approximate surface area is 312 Å². The van der Waals surface area contributed by atoms with Crippen LogP contribution in [0.3, 0.4) is 0 Å². The molecule has 0 saturated carbocycles. The van der Waals surface area contributed by atoms with Gasteiger partial charge in [0.25, 0.3) is 0 Å². The number of ether oxygens (including phenoxy) is 1. The molecule has 50 heavy (non-hydrogen) atoms. The van der Waals surface area contributed by atoms with Crippen molar-refractivity contribution in [3.8, 4) is 0 Å². The van der Waals surface area contributed by atoms with Crippen molar-refractivity contribution in [2.24, 2.45) is 0 Å². The van der Waals surface area contributed by atoms with E-state index in [-0.39, 0.29) is 12.6 Å². The van der Waals surface area contributed by atoms with Gasteiger partial charge < -0.3 is 19.6 Å². The van der Waals surface area contributed by atoms with Gasteiger partial charge in [-0.15, -0.1) is 5.06 Å². The SMILES string of the molecule is CCCCCC/C=C\C/C=C\CCCCCCCN(CCCCCC(=O)ON(CCCCCCCC)CCCCCCCC)CCOCCO. The second-order valence-electron chi connectivity index (χ2n) is 14.5. The lowest BCUT2D eigenvalue weighted by atomic mass is 10.1. The first-order chi connectivity index (χ1) is 24.7. The fraction of sp³-hybridized carbons (Fsp3) is 0.886. The average Bonchev–Trinajstić information content (AvgIpc) is 3.12. The molecule has 0 fully saturated rings. The highest BCUT2D eigenvalue weighted by molar-refractivity contribution is 5.68. The van der Waals surface area contributed by atoms with E-state index in [4.69, 9.17) is 14.7 Å². The molecule has 0 saturated heterocycles. The molecule has 0 unspecified atom stereocenters. The van der Waals surface area contributed by atoms with Gasteiger partial charge in [-0.25, -0.2) is 0 Å². The summed E-state index contributed by atoms with van der Waals surface area (Å²) in [5.74, 6) is -0.0586. The van der Waals surface area contributed by atoms with E-state index in [0.717, 1.165) is 71.2 Å². The molecule has 0 aliphatic rings. The first kappa shape index (κ1) is 48.8. The van der Waals surface area contributed by atoms with Crippen LogP contribution in [0.5, 0.6) is 0 Å². The maximum Gasteiger partial charge on any atom is 0.325 e. The van der Waals surface area contributed by atoms with Gasteiger partial charge in [0.15, 0.2) is 0 Å². The molecule has 0 aromatic heterocycles. The maximum absolute atomic E-state index is 12.8. The van der Waals surface area contributed by atoms with Gasteiger partial charge in [-0.05, 0) is 77.3 Å². The van der Waals surface area contributed by atoms with Crippen LogP contribution in [-0.4, -0.2) is 73.6 Å². The van der Waals surface area contributed by atoms with Crippen molar-refractivity contribution in [2.45, 2.75) is 201 Å². The fourth-order valence-electron chi connectivity index (χ4n) is 6.33. The zero-order chi connectivity index (χ0) is 36.4. The Morgan fingerprint density at radius 1 is 0.500 bits per heavy atom. The minimum Gasteiger partial charge on any atom is -0.394 e. The average molecular weight is 707 g/mol. The summed E-state index contributed by atoms with van der Waals surface area (Å²) in [6.45, 7) is 12.7. The second-order valence-corrected chi connectivity index (χ2v) is 14.5. The largest absolute Gasteiger partial charge is 0.394 e. The van der Waals surface area contributed by atoms with Crippen molar-refractivity contribution in [2.75, 3.05) is 52.5 Å². The maximum atomic E-state index is 12.8. The van der Waals surface area contributed by atoms with Crippen molar-refractivity contribution >= 4 is 5.97 Å². The number of aliphatic hydroxyl groups is 1. The molecule has 0 aliphatic carbocycles. The van der Waals surface area contributed by atoms with Crippen molar-refractivity contribution in [3.05, 3.63) is 24.3 Å². The lowest BCUT2D eigenvalue weighted by molar-refractivity contribution is -0.191. The highest BCUT2D eigenvalue weighted by Crippen LogP contribution is 2.12. The summed E-state index contributed by atoms with van der Waals surface area (Å²) in [4.78, 5) is 21.2. The molecular weight excluding hydrogens is 620 g/mol. The summed E-state index contributed by atoms with van der Waals surface area (Å²) in [5, 5.41) is 11.0. The normalized spacial score (nSPS) is 12.0. The first-order valence-corrected chi connectivity index (χ1v) is 21.8. The molecule has 6 heteroatoms. The number of hydrogen-bond acceptors (Lipinski definition) is 6. The van der Waals surface area contributed by atoms with E-state index in [1.54, 1.807) is 0 Å². The third-order valence-corrected chi connectivity index (χ3v) is 9.57. The number of hydroxylamine groups is 2. The molecule has 0 heterocycles. The number of rotatable bonds is 41. The van der Waals surface area contributed by atoms with Crippen LogP contribution >= 0.6 is 0 Å². The fourth-order valence-corrected chi connectivity index (χ4v) is 6.33. The van der Waals surface area contributed by atoms with E-state index in [9.17, 15) is 4.79 Å². The van der Waals surface area contributed by atoms with Crippen molar-refractivity contribution in [1.82, 2.24) is 9.96 Å². The van der Waals surface area contributed by atoms with Crippen LogP contribution in [0, 0.1) is 0 Å². The van der Waals surface area contributed by atoms with Crippen LogP contribution in [-0.2, 0) is 14.4 Å². The summed E-state index contributed by atoms with van der Waals surface area (Å²) in [6, 6.07) is 0. The van der Waals surface area contributed by atoms with Crippen molar-refractivity contribution in [1.29, 1.82) is 0 Å². The van der Waals surface area contributed by atoms with Crippen LogP contribution in [0.1, 0.15) is 201 Å². The zero-order valence-corrected chi connectivity index (χ0v) is 33.8. The number of aliphatic hydroxyl groups excluding tert-OH is 1. The van der Waals surface area contributed by atoms with Crippen LogP contribution < -0.4 is 0 Å². The van der Waals surface area contributed by atoms with Gasteiger partial charge in [0, 0.05) is 26.1 Å². The zero-order valence-electron chi connectivity index (χ0n) is 33.8. The second kappa shape index (κ2) is 42.2. The van der Waals surface area contributed by atoms with Gasteiger partial charge in [-0.3, -0.25) is 4.79 Å². The van der Waals surface area contributed by atoms with Crippen LogP contribution in [0.15, 0.2) is 24.3 Å². The Bertz CT molecular complexity index is 713. The third kappa shape index (κ3) is 38.0. The molecule has 0 aromatic carbocycles. The third-order valence-electron chi connectivity index (χ3n) is 9.57. The summed E-state index contributed by atoms with van der Waals surface area (Å²) in [7, 11) is 0. The Morgan fingerprint density at radius 3 is 1.46 bits per heavy atom. The molecule has 0 spiro atoms. The quantitative estimate of drug-likeness (QED) is 0.0388. The van der Waals surface area contributed by atoms with E-state index < -0.39 is 0 Å². The number of carbonyl (C=O) groups is 1. The van der Waals surface area contributed by atoms with E-state index in [0.29, 0.717) is 19.6 Å². The van der Waals surface area contributed by atoms with Gasteiger partial charge in [-0.1, -0.05) is 154 Å². The predicted octanol–water partition coefficient (Wildman–Crippen LogP) is 12.2. The highest BCUT2D eigenvalue weighted by Gasteiger charge is 2.12. The first-order valence-electron chi connectivity index (χ1n) is 21.8. The summed E-state index contributed by atoms with van der Waals surface area (Å²) in [5.41, 5.74) is 0. The molecule has 0 atom stereocenters. The van der Waals surface area contributed by atoms with Gasteiger partial charge >= 0.3 is 5.97 Å². The van der Waals surface area contributed by atoms with Crippen molar-refractivity contribution in [3.63, 3.8) is 0 Å². The number of nitrogens with zero attached hydrogens (tertiary/aromatic N) is 2. The standard InChI is InChI=1S/C44H86N2O4/c1-4-7-10-13-16-17-18-19-20-21-22-23-24-25-26-31-36-45(40-42-49-43-41-47)37-32-29-30-35-44(48)50-46(38-33-27-14-11-8-5-2)39-34-28-15-12-9-6-3/h17-18,20-21,47H,4-16,19,22-43H2,1-3H3/b18-17-,21-20-. The van der Waals surface area contributed by atoms with Crippen molar-refractivity contribution < 1.29 is 19.5 Å². The Balaban J connectivity index is 4.25. The monoisotopic (exact) mass is 707 g/mol. The van der Waals surface area contributed by atoms with Gasteiger partial charge in [0.1, 0.15) is 0 Å². The molecule has 1 N–H and O–H groups in total. The molecular formula is C44H86N2O4. The number of allylic oxidation sites excluding steroid dienone is 4. The summed E-state index contributed by atoms with van der Waals surface area (Å²) < 4.78 is 5.58. The Hall–Kier alpha value is -1.21. The molecule has 0 radical (unpaired) electrons. The smallest absolute Gasteiger partial charge is 0.325 e. The van der Waals surface area contributed by atoms with Gasteiger partial charge in [-0.2, -0.15) is 0 Å². The Morgan fingerprint density at radius 2 is 0.940 bits per heavy atom. The van der Waals surface area contributed by atoms with Gasteiger partial charge in [0.05, 0.1) is 19.8 Å². The van der Waals surface area contributed by atoms with E-state index in [1.165, 1.54) is 135 Å². The van der Waals surface area contributed by atoms with Crippen LogP contribution in [0.2, 0.25) is 0 Å². The number of hydrogen-bond donors (Lipinski definition) is 1. The lowest BCUT2D eigenvalue weighted by Crippen LogP contribution is -2.30. The summed E-state index contributed by atoms with van der Waals surface area (Å²) >= 11 is 0. The summed E-state index contributed by atoms with van der Waals surface area (Å²) in [6.07, 6.45) is 43.2.